The number of hydrogen-bond acceptors (Lipinski definition) is 6. The number of thiazole rings is 2. The molecule has 0 spiro atoms. The minimum atomic E-state index is -0.106. The molecule has 0 saturated heterocycles. The number of aromatic nitrogens is 3. The fourth-order valence-corrected chi connectivity index (χ4v) is 4.96. The van der Waals surface area contributed by atoms with Crippen molar-refractivity contribution in [2.45, 2.75) is 13.5 Å². The van der Waals surface area contributed by atoms with Crippen LogP contribution >= 0.6 is 22.7 Å². The number of hydrogen-bond donors (Lipinski definition) is 0. The summed E-state index contributed by atoms with van der Waals surface area (Å²) in [5, 5.41) is 3.67. The Kier molecular flexibility index (Phi) is 4.25. The van der Waals surface area contributed by atoms with E-state index < -0.39 is 0 Å². The van der Waals surface area contributed by atoms with E-state index in [-0.39, 0.29) is 5.91 Å². The van der Waals surface area contributed by atoms with E-state index in [0.717, 1.165) is 38.1 Å². The quantitative estimate of drug-likeness (QED) is 0.478. The van der Waals surface area contributed by atoms with E-state index in [2.05, 4.69) is 4.98 Å². The first-order valence-electron chi connectivity index (χ1n) is 9.10. The molecule has 1 aromatic carbocycles. The van der Waals surface area contributed by atoms with Crippen molar-refractivity contribution in [1.29, 1.82) is 0 Å². The number of rotatable bonds is 3. The van der Waals surface area contributed by atoms with E-state index in [1.165, 1.54) is 11.3 Å². The topological polar surface area (TPSA) is 60.3 Å². The van der Waals surface area contributed by atoms with Crippen LogP contribution in [0.15, 0.2) is 41.9 Å². The number of ether oxygens (including phenoxy) is 1. The molecule has 0 N–H and O–H groups in total. The first-order chi connectivity index (χ1) is 14.0. The monoisotopic (exact) mass is 422 g/mol. The molecule has 8 heteroatoms. The molecule has 0 fully saturated rings. The van der Waals surface area contributed by atoms with Crippen LogP contribution in [0.1, 0.15) is 20.4 Å². The Hall–Kier alpha value is -2.97. The molecule has 29 heavy (non-hydrogen) atoms. The SMILES string of the molecule is Cc1nc(-c2cc(C(=O)N(C)c3nc4c(s3)COc3ccccc3-4)n(C)c2)cs1. The fraction of sp³-hybridized carbons (Fsp3) is 0.190. The lowest BCUT2D eigenvalue weighted by Crippen LogP contribution is -2.27. The van der Waals surface area contributed by atoms with Crippen LogP contribution in [0.5, 0.6) is 5.75 Å². The Labute approximate surface area is 176 Å². The lowest BCUT2D eigenvalue weighted by atomic mass is 10.1. The van der Waals surface area contributed by atoms with Gasteiger partial charge in [0.1, 0.15) is 18.1 Å². The molecule has 0 radical (unpaired) electrons. The Morgan fingerprint density at radius 1 is 1.28 bits per heavy atom. The zero-order valence-electron chi connectivity index (χ0n) is 16.2. The minimum absolute atomic E-state index is 0.106. The number of para-hydroxylation sites is 1. The number of carbonyl (C=O) groups is 1. The highest BCUT2D eigenvalue weighted by Gasteiger charge is 2.26. The van der Waals surface area contributed by atoms with Gasteiger partial charge in [0.15, 0.2) is 5.13 Å². The number of nitrogens with zero attached hydrogens (tertiary/aromatic N) is 4. The van der Waals surface area contributed by atoms with Gasteiger partial charge in [-0.2, -0.15) is 0 Å². The summed E-state index contributed by atoms with van der Waals surface area (Å²) in [6.07, 6.45) is 1.94. The molecule has 0 unspecified atom stereocenters. The molecule has 4 heterocycles. The van der Waals surface area contributed by atoms with Crippen molar-refractivity contribution in [2.24, 2.45) is 7.05 Å². The van der Waals surface area contributed by atoms with Gasteiger partial charge >= 0.3 is 0 Å². The van der Waals surface area contributed by atoms with Crippen molar-refractivity contribution < 1.29 is 9.53 Å². The van der Waals surface area contributed by atoms with Crippen molar-refractivity contribution in [3.05, 3.63) is 57.5 Å². The molecule has 6 nitrogen and oxygen atoms in total. The third-order valence-corrected chi connectivity index (χ3v) is 6.80. The van der Waals surface area contributed by atoms with Crippen molar-refractivity contribution in [2.75, 3.05) is 11.9 Å². The van der Waals surface area contributed by atoms with E-state index in [4.69, 9.17) is 9.72 Å². The van der Waals surface area contributed by atoms with Crippen LogP contribution in [-0.4, -0.2) is 27.5 Å². The van der Waals surface area contributed by atoms with Crippen LogP contribution in [0.4, 0.5) is 5.13 Å². The van der Waals surface area contributed by atoms with Gasteiger partial charge in [-0.05, 0) is 25.1 Å². The van der Waals surface area contributed by atoms with E-state index in [1.54, 1.807) is 23.3 Å². The second-order valence-corrected chi connectivity index (χ2v) is 9.02. The molecule has 0 saturated carbocycles. The number of fused-ring (bicyclic) bond motifs is 3. The van der Waals surface area contributed by atoms with Crippen LogP contribution in [0.2, 0.25) is 0 Å². The van der Waals surface area contributed by atoms with Gasteiger partial charge in [-0.25, -0.2) is 9.97 Å². The van der Waals surface area contributed by atoms with Gasteiger partial charge in [-0.3, -0.25) is 9.69 Å². The Bertz CT molecular complexity index is 1240. The summed E-state index contributed by atoms with van der Waals surface area (Å²) >= 11 is 3.09. The highest BCUT2D eigenvalue weighted by Crippen LogP contribution is 2.41. The number of aryl methyl sites for hydroxylation is 2. The van der Waals surface area contributed by atoms with Crippen molar-refractivity contribution >= 4 is 33.7 Å². The highest BCUT2D eigenvalue weighted by atomic mass is 32.1. The molecule has 146 valence electrons. The van der Waals surface area contributed by atoms with E-state index in [0.29, 0.717) is 17.4 Å². The first kappa shape index (κ1) is 18.1. The maximum atomic E-state index is 13.2. The third kappa shape index (κ3) is 3.04. The Balaban J connectivity index is 1.47. The summed E-state index contributed by atoms with van der Waals surface area (Å²) in [4.78, 5) is 25.1. The number of benzene rings is 1. The lowest BCUT2D eigenvalue weighted by molar-refractivity contribution is 0.0985. The second-order valence-electron chi connectivity index (χ2n) is 6.89. The maximum absolute atomic E-state index is 13.2. The fourth-order valence-electron chi connectivity index (χ4n) is 3.39. The number of anilines is 1. The largest absolute Gasteiger partial charge is 0.487 e. The van der Waals surface area contributed by atoms with Crippen LogP contribution < -0.4 is 9.64 Å². The molecule has 0 aliphatic carbocycles. The number of amides is 1. The highest BCUT2D eigenvalue weighted by molar-refractivity contribution is 7.16. The molecule has 3 aromatic heterocycles. The molecule has 1 aliphatic rings. The predicted molar refractivity (Wildman–Crippen MR) is 116 cm³/mol. The van der Waals surface area contributed by atoms with E-state index in [1.807, 2.05) is 60.4 Å². The molecule has 0 bridgehead atoms. The number of carbonyl (C=O) groups excluding carboxylic acids is 1. The Morgan fingerprint density at radius 2 is 2.10 bits per heavy atom. The molecule has 0 atom stereocenters. The van der Waals surface area contributed by atoms with Crippen LogP contribution in [0, 0.1) is 6.92 Å². The molecule has 1 amide bonds. The van der Waals surface area contributed by atoms with Gasteiger partial charge in [-0.1, -0.05) is 23.5 Å². The van der Waals surface area contributed by atoms with Crippen molar-refractivity contribution in [3.63, 3.8) is 0 Å². The summed E-state index contributed by atoms with van der Waals surface area (Å²) in [5.74, 6) is 0.725. The van der Waals surface area contributed by atoms with Gasteiger partial charge in [0.05, 0.1) is 21.3 Å². The van der Waals surface area contributed by atoms with E-state index in [9.17, 15) is 4.79 Å². The van der Waals surface area contributed by atoms with Gasteiger partial charge in [0, 0.05) is 36.8 Å². The predicted octanol–water partition coefficient (Wildman–Crippen LogP) is 4.75. The summed E-state index contributed by atoms with van der Waals surface area (Å²) in [6.45, 7) is 2.45. The molecule has 1 aliphatic heterocycles. The van der Waals surface area contributed by atoms with Gasteiger partial charge in [0.25, 0.3) is 5.91 Å². The summed E-state index contributed by atoms with van der Waals surface area (Å²) in [7, 11) is 3.64. The lowest BCUT2D eigenvalue weighted by Gasteiger charge is -2.15. The van der Waals surface area contributed by atoms with Crippen LogP contribution in [-0.2, 0) is 13.7 Å². The normalized spacial score (nSPS) is 12.2. The van der Waals surface area contributed by atoms with Gasteiger partial charge in [-0.15, -0.1) is 11.3 Å². The molecular weight excluding hydrogens is 404 g/mol. The van der Waals surface area contributed by atoms with Crippen LogP contribution in [0.3, 0.4) is 0 Å². The first-order valence-corrected chi connectivity index (χ1v) is 10.8. The second kappa shape index (κ2) is 6.82. The van der Waals surface area contributed by atoms with E-state index >= 15 is 0 Å². The average molecular weight is 423 g/mol. The molecule has 4 aromatic rings. The average Bonchev–Trinajstić information content (AvgIpc) is 3.44. The zero-order chi connectivity index (χ0) is 20.1. The standard InChI is InChI=1S/C21H18N4O2S2/c1-12-22-15(11-28-12)13-8-16(24(2)9-13)20(26)25(3)21-23-19-14-6-4-5-7-17(14)27-10-18(19)29-21/h4-9,11H,10H2,1-3H3. The zero-order valence-corrected chi connectivity index (χ0v) is 17.8. The summed E-state index contributed by atoms with van der Waals surface area (Å²) < 4.78 is 7.66. The maximum Gasteiger partial charge on any atom is 0.276 e. The third-order valence-electron chi connectivity index (χ3n) is 4.92. The summed E-state index contributed by atoms with van der Waals surface area (Å²) in [6, 6.07) is 9.75. The van der Waals surface area contributed by atoms with Crippen LogP contribution in [0.25, 0.3) is 22.5 Å². The minimum Gasteiger partial charge on any atom is -0.487 e. The molecular formula is C21H18N4O2S2. The van der Waals surface area contributed by atoms with Gasteiger partial charge in [0.2, 0.25) is 0 Å². The van der Waals surface area contributed by atoms with Gasteiger partial charge < -0.3 is 9.30 Å². The smallest absolute Gasteiger partial charge is 0.276 e. The summed E-state index contributed by atoms with van der Waals surface area (Å²) in [5.41, 5.74) is 4.30. The van der Waals surface area contributed by atoms with Crippen molar-refractivity contribution in [3.8, 4) is 28.3 Å². The van der Waals surface area contributed by atoms with Crippen molar-refractivity contribution in [1.82, 2.24) is 14.5 Å². The molecule has 5 rings (SSSR count). The Morgan fingerprint density at radius 3 is 2.90 bits per heavy atom.